The summed E-state index contributed by atoms with van der Waals surface area (Å²) in [5.41, 5.74) is 0. The minimum absolute atomic E-state index is 0.0210. The molecule has 0 spiro atoms. The van der Waals surface area contributed by atoms with Crippen LogP contribution < -0.4 is 5.32 Å². The number of carboxylic acids is 1. The lowest BCUT2D eigenvalue weighted by molar-refractivity contribution is -0.142. The van der Waals surface area contributed by atoms with Gasteiger partial charge in [0.2, 0.25) is 0 Å². The van der Waals surface area contributed by atoms with Crippen LogP contribution >= 0.6 is 0 Å². The Kier molecular flexibility index (Phi) is 7.86. The number of rotatable bonds is 11. The molecule has 2 fully saturated rings. The van der Waals surface area contributed by atoms with Crippen LogP contribution in [0.15, 0.2) is 0 Å². The first kappa shape index (κ1) is 21.6. The van der Waals surface area contributed by atoms with E-state index in [0.29, 0.717) is 32.5 Å². The van der Waals surface area contributed by atoms with Gasteiger partial charge in [0.05, 0.1) is 12.0 Å². The first-order chi connectivity index (χ1) is 12.3. The molecule has 0 aromatic carbocycles. The summed E-state index contributed by atoms with van der Waals surface area (Å²) in [5.74, 6) is -2.07. The molecule has 2 aliphatic heterocycles. The molecule has 2 aliphatic rings. The highest BCUT2D eigenvalue weighted by Crippen LogP contribution is 2.32. The van der Waals surface area contributed by atoms with Crippen LogP contribution in [0.2, 0.25) is 6.32 Å². The van der Waals surface area contributed by atoms with Gasteiger partial charge in [-0.1, -0.05) is 19.8 Å². The Morgan fingerprint density at radius 3 is 2.46 bits per heavy atom. The predicted octanol–water partition coefficient (Wildman–Crippen LogP) is -0.809. The van der Waals surface area contributed by atoms with Gasteiger partial charge in [-0.3, -0.25) is 4.79 Å². The summed E-state index contributed by atoms with van der Waals surface area (Å²) >= 11 is 0. The molecule has 0 bridgehead atoms. The average molecular weight is 391 g/mol. The van der Waals surface area contributed by atoms with Crippen LogP contribution in [0, 0.1) is 11.8 Å². The Morgan fingerprint density at radius 2 is 1.96 bits per heavy atom. The van der Waals surface area contributed by atoms with Gasteiger partial charge < -0.3 is 20.5 Å². The number of hydrogen-bond acceptors (Lipinski definition) is 6. The van der Waals surface area contributed by atoms with Gasteiger partial charge in [0.15, 0.2) is 0 Å². The lowest BCUT2D eigenvalue weighted by Gasteiger charge is -2.39. The van der Waals surface area contributed by atoms with E-state index in [4.69, 9.17) is 10.0 Å². The first-order valence-electron chi connectivity index (χ1n) is 9.34. The van der Waals surface area contributed by atoms with E-state index < -0.39 is 29.2 Å². The molecule has 9 nitrogen and oxygen atoms in total. The highest BCUT2D eigenvalue weighted by atomic mass is 32.2. The molecule has 11 heteroatoms. The maximum Gasteiger partial charge on any atom is 0.451 e. The zero-order valence-electron chi connectivity index (χ0n) is 15.2. The third kappa shape index (κ3) is 5.17. The second-order valence-corrected chi connectivity index (χ2v) is 9.10. The molecular formula is C15H30BN3O6S. The lowest BCUT2D eigenvalue weighted by Crippen LogP contribution is -2.61. The van der Waals surface area contributed by atoms with Crippen molar-refractivity contribution >= 4 is 23.3 Å². The van der Waals surface area contributed by atoms with Crippen LogP contribution in [0.3, 0.4) is 0 Å². The summed E-state index contributed by atoms with van der Waals surface area (Å²) in [6.45, 7) is 3.84. The van der Waals surface area contributed by atoms with Crippen molar-refractivity contribution in [2.75, 3.05) is 32.7 Å². The summed E-state index contributed by atoms with van der Waals surface area (Å²) in [7, 11) is -5.13. The third-order valence-corrected chi connectivity index (χ3v) is 7.31. The van der Waals surface area contributed by atoms with Gasteiger partial charge >= 0.3 is 13.1 Å². The molecular weight excluding hydrogens is 361 g/mol. The molecule has 0 aromatic rings. The zero-order valence-corrected chi connectivity index (χ0v) is 16.1. The van der Waals surface area contributed by atoms with Crippen LogP contribution in [0.1, 0.15) is 32.6 Å². The topological polar surface area (TPSA) is 130 Å². The number of carbonyl (C=O) groups is 1. The fourth-order valence-corrected chi connectivity index (χ4v) is 5.49. The molecule has 0 aromatic heterocycles. The molecule has 0 saturated carbocycles. The van der Waals surface area contributed by atoms with Gasteiger partial charge in [0.25, 0.3) is 10.2 Å². The van der Waals surface area contributed by atoms with Gasteiger partial charge in [-0.2, -0.15) is 17.0 Å². The maximum absolute atomic E-state index is 13.1. The summed E-state index contributed by atoms with van der Waals surface area (Å²) in [4.78, 5) is 11.6. The SMILES string of the molecule is CCCCN(C1CNC1)S(=O)(=O)N1CC(CCCB(O)O)C(C(=O)O)C1. The number of unbranched alkanes of at least 4 members (excludes halogenated alkanes) is 1. The van der Waals surface area contributed by atoms with Crippen LogP contribution in [-0.2, 0) is 15.0 Å². The summed E-state index contributed by atoms with van der Waals surface area (Å²) in [5, 5.41) is 30.5. The highest BCUT2D eigenvalue weighted by molar-refractivity contribution is 7.86. The summed E-state index contributed by atoms with van der Waals surface area (Å²) in [6.07, 6.45) is 2.72. The largest absolute Gasteiger partial charge is 0.481 e. The van der Waals surface area contributed by atoms with Gasteiger partial charge in [-0.15, -0.1) is 0 Å². The third-order valence-electron chi connectivity index (χ3n) is 5.28. The van der Waals surface area contributed by atoms with E-state index in [1.807, 2.05) is 6.92 Å². The number of carboxylic acid groups (broad SMARTS) is 1. The Labute approximate surface area is 155 Å². The van der Waals surface area contributed by atoms with Crippen LogP contribution in [-0.4, -0.2) is 84.0 Å². The fraction of sp³-hybridized carbons (Fsp3) is 0.933. The molecule has 0 amide bonds. The molecule has 2 saturated heterocycles. The number of hydrogen-bond donors (Lipinski definition) is 4. The molecule has 2 atom stereocenters. The van der Waals surface area contributed by atoms with Crippen molar-refractivity contribution in [2.45, 2.75) is 45.0 Å². The smallest absolute Gasteiger partial charge is 0.451 e. The fourth-order valence-electron chi connectivity index (χ4n) is 3.58. The van der Waals surface area contributed by atoms with Crippen molar-refractivity contribution < 1.29 is 28.4 Å². The van der Waals surface area contributed by atoms with E-state index in [9.17, 15) is 18.3 Å². The van der Waals surface area contributed by atoms with Crippen molar-refractivity contribution in [3.63, 3.8) is 0 Å². The molecule has 0 aliphatic carbocycles. The van der Waals surface area contributed by atoms with Crippen molar-refractivity contribution in [1.29, 1.82) is 0 Å². The first-order valence-corrected chi connectivity index (χ1v) is 10.7. The van der Waals surface area contributed by atoms with Crippen LogP contribution in [0.4, 0.5) is 0 Å². The second kappa shape index (κ2) is 9.47. The van der Waals surface area contributed by atoms with Crippen LogP contribution in [0.5, 0.6) is 0 Å². The molecule has 2 heterocycles. The van der Waals surface area contributed by atoms with Gasteiger partial charge in [0.1, 0.15) is 0 Å². The monoisotopic (exact) mass is 391 g/mol. The van der Waals surface area contributed by atoms with E-state index in [-0.39, 0.29) is 31.4 Å². The summed E-state index contributed by atoms with van der Waals surface area (Å²) < 4.78 is 29.1. The predicted molar refractivity (Wildman–Crippen MR) is 97.6 cm³/mol. The van der Waals surface area contributed by atoms with E-state index in [1.165, 1.54) is 8.61 Å². The molecule has 4 N–H and O–H groups in total. The normalized spacial score (nSPS) is 24.8. The Balaban J connectivity index is 2.08. The minimum atomic E-state index is -3.71. The van der Waals surface area contributed by atoms with Crippen LogP contribution in [0.25, 0.3) is 0 Å². The molecule has 2 rings (SSSR count). The van der Waals surface area contributed by atoms with Crippen molar-refractivity contribution in [2.24, 2.45) is 11.8 Å². The second-order valence-electron chi connectivity index (χ2n) is 7.22. The van der Waals surface area contributed by atoms with E-state index in [0.717, 1.165) is 12.8 Å². The van der Waals surface area contributed by atoms with Crippen molar-refractivity contribution in [3.05, 3.63) is 0 Å². The zero-order chi connectivity index (χ0) is 19.3. The summed E-state index contributed by atoms with van der Waals surface area (Å²) in [6, 6.07) is -0.0709. The van der Waals surface area contributed by atoms with E-state index >= 15 is 0 Å². The van der Waals surface area contributed by atoms with E-state index in [1.54, 1.807) is 0 Å². The Bertz CT molecular complexity index is 572. The van der Waals surface area contributed by atoms with Gasteiger partial charge in [-0.25, -0.2) is 0 Å². The van der Waals surface area contributed by atoms with Gasteiger partial charge in [0, 0.05) is 32.7 Å². The quantitative estimate of drug-likeness (QED) is 0.339. The number of aliphatic carboxylic acids is 1. The average Bonchev–Trinajstić information content (AvgIpc) is 2.94. The lowest BCUT2D eigenvalue weighted by atomic mass is 9.80. The number of nitrogens with one attached hydrogen (secondary N) is 1. The Hall–Kier alpha value is -0.715. The molecule has 26 heavy (non-hydrogen) atoms. The van der Waals surface area contributed by atoms with Gasteiger partial charge in [-0.05, 0) is 25.1 Å². The number of nitrogens with zero attached hydrogens (tertiary/aromatic N) is 2. The maximum atomic E-state index is 13.1. The van der Waals surface area contributed by atoms with Crippen molar-refractivity contribution in [1.82, 2.24) is 13.9 Å². The highest BCUT2D eigenvalue weighted by Gasteiger charge is 2.45. The molecule has 2 unspecified atom stereocenters. The van der Waals surface area contributed by atoms with Crippen molar-refractivity contribution in [3.8, 4) is 0 Å². The molecule has 0 radical (unpaired) electrons. The van der Waals surface area contributed by atoms with E-state index in [2.05, 4.69) is 5.32 Å². The minimum Gasteiger partial charge on any atom is -0.481 e. The molecule has 150 valence electrons. The Morgan fingerprint density at radius 1 is 1.27 bits per heavy atom. The standard InChI is InChI=1S/C15H30BN3O6S/c1-2-3-7-19(13-8-17-9-13)26(24,25)18-10-12(5-4-6-16(22)23)14(11-18)15(20)21/h12-14,17,22-23H,2-11H2,1H3,(H,20,21).